The predicted molar refractivity (Wildman–Crippen MR) is 198 cm³/mol. The molecule has 0 saturated carbocycles. The summed E-state index contributed by atoms with van der Waals surface area (Å²) in [6, 6.07) is 31.5. The Hall–Kier alpha value is -5.14. The molecule has 3 aromatic heterocycles. The Morgan fingerprint density at radius 2 is 1.58 bits per heavy atom. The van der Waals surface area contributed by atoms with Crippen LogP contribution < -0.4 is 15.9 Å². The summed E-state index contributed by atoms with van der Waals surface area (Å²) in [4.78, 5) is 23.8. The zero-order valence-electron chi connectivity index (χ0n) is 28.4. The standard InChI is InChI=1S/C40H36ClFN4O3Si/c1-25(2)34-36(46-38-30(37(47)31(23-43)39(46)48)22-32(41)35(45-38)29-18-12-13-19-33(29)42)26(20-21-44-34)24-49-50(40(3,4)5,27-14-8-6-9-15-27)28-16-10-7-11-17-28/h6-22,25,47H,24H2,1-5H3. The fraction of sp³-hybridized carbons (Fsp3) is 0.200. The van der Waals surface area contributed by atoms with E-state index in [1.165, 1.54) is 22.8 Å². The lowest BCUT2D eigenvalue weighted by molar-refractivity contribution is 0.285. The smallest absolute Gasteiger partial charge is 0.278 e. The van der Waals surface area contributed by atoms with Crippen molar-refractivity contribution in [2.45, 2.75) is 52.2 Å². The third-order valence-corrected chi connectivity index (χ3v) is 14.3. The maximum Gasteiger partial charge on any atom is 0.278 e. The van der Waals surface area contributed by atoms with Crippen LogP contribution in [0.2, 0.25) is 10.1 Å². The number of aromatic nitrogens is 3. The monoisotopic (exact) mass is 702 g/mol. The number of hydrogen-bond acceptors (Lipinski definition) is 6. The molecule has 0 radical (unpaired) electrons. The molecular formula is C40H36ClFN4O3Si. The van der Waals surface area contributed by atoms with Crippen molar-refractivity contribution in [1.29, 1.82) is 5.26 Å². The third kappa shape index (κ3) is 5.90. The summed E-state index contributed by atoms with van der Waals surface area (Å²) in [7, 11) is -3.04. The highest BCUT2D eigenvalue weighted by molar-refractivity contribution is 6.99. The molecule has 0 atom stereocenters. The highest BCUT2D eigenvalue weighted by Gasteiger charge is 2.50. The molecule has 0 bridgehead atoms. The zero-order chi connectivity index (χ0) is 35.8. The number of nitriles is 1. The minimum Gasteiger partial charge on any atom is -0.506 e. The zero-order valence-corrected chi connectivity index (χ0v) is 30.2. The molecule has 0 spiro atoms. The summed E-state index contributed by atoms with van der Waals surface area (Å²) in [5.41, 5.74) is 0.466. The van der Waals surface area contributed by atoms with Crippen LogP contribution in [-0.4, -0.2) is 28.0 Å². The predicted octanol–water partition coefficient (Wildman–Crippen LogP) is 8.02. The van der Waals surface area contributed by atoms with Gasteiger partial charge in [0, 0.05) is 17.3 Å². The van der Waals surface area contributed by atoms with Crippen molar-refractivity contribution < 1.29 is 13.9 Å². The summed E-state index contributed by atoms with van der Waals surface area (Å²) in [6.07, 6.45) is 1.68. The van der Waals surface area contributed by atoms with Gasteiger partial charge in [-0.05, 0) is 45.6 Å². The summed E-state index contributed by atoms with van der Waals surface area (Å²) >= 11 is 6.65. The van der Waals surface area contributed by atoms with Gasteiger partial charge in [0.2, 0.25) is 0 Å². The molecule has 3 heterocycles. The summed E-state index contributed by atoms with van der Waals surface area (Å²) in [6.45, 7) is 10.5. The van der Waals surface area contributed by atoms with Crippen LogP contribution in [0.1, 0.15) is 57.4 Å². The molecular weight excluding hydrogens is 667 g/mol. The number of rotatable bonds is 8. The van der Waals surface area contributed by atoms with E-state index >= 15 is 4.39 Å². The average molecular weight is 703 g/mol. The Kier molecular flexibility index (Phi) is 9.47. The Morgan fingerprint density at radius 3 is 2.14 bits per heavy atom. The van der Waals surface area contributed by atoms with Crippen molar-refractivity contribution in [3.63, 3.8) is 0 Å². The van der Waals surface area contributed by atoms with Gasteiger partial charge < -0.3 is 9.53 Å². The van der Waals surface area contributed by atoms with E-state index < -0.39 is 31.0 Å². The van der Waals surface area contributed by atoms with E-state index in [2.05, 4.69) is 45.0 Å². The lowest BCUT2D eigenvalue weighted by Gasteiger charge is -2.43. The van der Waals surface area contributed by atoms with Gasteiger partial charge in [0.1, 0.15) is 17.6 Å². The SMILES string of the molecule is CC(C)c1nccc(CO[Si](c2ccccc2)(c2ccccc2)C(C)(C)C)c1-n1c(=O)c(C#N)c(O)c2cc(Cl)c(-c3ccccc3F)nc21. The van der Waals surface area contributed by atoms with Gasteiger partial charge in [0.25, 0.3) is 13.9 Å². The van der Waals surface area contributed by atoms with Crippen LogP contribution in [0.25, 0.3) is 28.0 Å². The van der Waals surface area contributed by atoms with Crippen molar-refractivity contribution in [1.82, 2.24) is 14.5 Å². The lowest BCUT2D eigenvalue weighted by atomic mass is 10.0. The number of pyridine rings is 3. The van der Waals surface area contributed by atoms with Crippen LogP contribution in [0.4, 0.5) is 4.39 Å². The lowest BCUT2D eigenvalue weighted by Crippen LogP contribution is -2.66. The van der Waals surface area contributed by atoms with Gasteiger partial charge in [-0.3, -0.25) is 14.3 Å². The van der Waals surface area contributed by atoms with Gasteiger partial charge in [-0.15, -0.1) is 0 Å². The van der Waals surface area contributed by atoms with E-state index in [4.69, 9.17) is 26.0 Å². The number of aromatic hydroxyl groups is 1. The Morgan fingerprint density at radius 1 is 0.980 bits per heavy atom. The largest absolute Gasteiger partial charge is 0.506 e. The molecule has 10 heteroatoms. The molecule has 6 rings (SSSR count). The van der Waals surface area contributed by atoms with Crippen LogP contribution in [0.5, 0.6) is 5.75 Å². The van der Waals surface area contributed by atoms with Gasteiger partial charge in [-0.1, -0.05) is 119 Å². The number of fused-ring (bicyclic) bond motifs is 1. The average Bonchev–Trinajstić information content (AvgIpc) is 3.10. The topological polar surface area (TPSA) is 101 Å². The molecule has 7 nitrogen and oxygen atoms in total. The summed E-state index contributed by atoms with van der Waals surface area (Å²) < 4.78 is 23.7. The summed E-state index contributed by atoms with van der Waals surface area (Å²) in [5.74, 6) is -1.30. The molecule has 252 valence electrons. The van der Waals surface area contributed by atoms with Gasteiger partial charge in [-0.2, -0.15) is 5.26 Å². The number of halogens is 2. The van der Waals surface area contributed by atoms with E-state index in [1.54, 1.807) is 24.4 Å². The molecule has 0 unspecified atom stereocenters. The first-order chi connectivity index (χ1) is 23.9. The number of hydrogen-bond donors (Lipinski definition) is 1. The Bertz CT molecular complexity index is 2280. The first-order valence-corrected chi connectivity index (χ1v) is 18.6. The fourth-order valence-electron chi connectivity index (χ4n) is 6.68. The molecule has 0 saturated heterocycles. The van der Waals surface area contributed by atoms with Crippen LogP contribution in [-0.2, 0) is 11.0 Å². The van der Waals surface area contributed by atoms with Crippen molar-refractivity contribution in [2.24, 2.45) is 0 Å². The van der Waals surface area contributed by atoms with Crippen LogP contribution in [0.3, 0.4) is 0 Å². The van der Waals surface area contributed by atoms with Crippen LogP contribution in [0, 0.1) is 17.1 Å². The van der Waals surface area contributed by atoms with Crippen molar-refractivity contribution in [3.8, 4) is 28.8 Å². The van der Waals surface area contributed by atoms with Gasteiger partial charge in [0.15, 0.2) is 11.2 Å². The second kappa shape index (κ2) is 13.6. The minimum atomic E-state index is -3.04. The molecule has 6 aromatic rings. The van der Waals surface area contributed by atoms with Crippen molar-refractivity contribution in [3.05, 3.63) is 141 Å². The molecule has 0 fully saturated rings. The van der Waals surface area contributed by atoms with Gasteiger partial charge >= 0.3 is 0 Å². The van der Waals surface area contributed by atoms with Gasteiger partial charge in [0.05, 0.1) is 34.1 Å². The highest BCUT2D eigenvalue weighted by Crippen LogP contribution is 2.39. The second-order valence-corrected chi connectivity index (χ2v) is 18.2. The maximum absolute atomic E-state index is 15.1. The van der Waals surface area contributed by atoms with E-state index in [0.717, 1.165) is 10.4 Å². The second-order valence-electron chi connectivity index (χ2n) is 13.5. The van der Waals surface area contributed by atoms with Crippen molar-refractivity contribution >= 4 is 41.3 Å². The van der Waals surface area contributed by atoms with Crippen LogP contribution >= 0.6 is 11.6 Å². The number of benzene rings is 3. The van der Waals surface area contributed by atoms with Crippen molar-refractivity contribution in [2.75, 3.05) is 0 Å². The normalized spacial score (nSPS) is 12.0. The molecule has 1 N–H and O–H groups in total. The Labute approximate surface area is 296 Å². The first kappa shape index (κ1) is 34.7. The molecule has 0 aliphatic rings. The first-order valence-electron chi connectivity index (χ1n) is 16.3. The third-order valence-electron chi connectivity index (χ3n) is 8.98. The molecule has 0 aliphatic heterocycles. The minimum absolute atomic E-state index is 0.00393. The molecule has 0 aliphatic carbocycles. The quantitative estimate of drug-likeness (QED) is 0.161. The van der Waals surface area contributed by atoms with E-state index in [1.807, 2.05) is 56.3 Å². The molecule has 3 aromatic carbocycles. The van der Waals surface area contributed by atoms with E-state index in [-0.39, 0.29) is 44.9 Å². The summed E-state index contributed by atoms with van der Waals surface area (Å²) in [5, 5.41) is 23.2. The Balaban J connectivity index is 1.66. The highest BCUT2D eigenvalue weighted by atomic mass is 35.5. The molecule has 0 amide bonds. The van der Waals surface area contributed by atoms with Crippen LogP contribution in [0.15, 0.2) is 108 Å². The number of nitrogens with zero attached hydrogens (tertiary/aromatic N) is 4. The maximum atomic E-state index is 15.1. The van der Waals surface area contributed by atoms with E-state index in [9.17, 15) is 15.2 Å². The van der Waals surface area contributed by atoms with Gasteiger partial charge in [-0.25, -0.2) is 9.37 Å². The van der Waals surface area contributed by atoms with E-state index in [0.29, 0.717) is 16.9 Å². The fourth-order valence-corrected chi connectivity index (χ4v) is 11.5. The molecule has 50 heavy (non-hydrogen) atoms.